The molecule has 1 atom stereocenters. The minimum absolute atomic E-state index is 0.479. The Hall–Kier alpha value is -2.98. The molecule has 1 aromatic carbocycles. The quantitative estimate of drug-likeness (QED) is 0.664. The van der Waals surface area contributed by atoms with Gasteiger partial charge in [0.15, 0.2) is 4.90 Å². The van der Waals surface area contributed by atoms with Gasteiger partial charge in [-0.25, -0.2) is 22.6 Å². The van der Waals surface area contributed by atoms with Gasteiger partial charge in [-0.15, -0.1) is 0 Å². The van der Waals surface area contributed by atoms with Gasteiger partial charge in [0.05, 0.1) is 11.4 Å². The van der Waals surface area contributed by atoms with Gasteiger partial charge >= 0.3 is 5.69 Å². The number of nitrogens with zero attached hydrogens (tertiary/aromatic N) is 4. The Morgan fingerprint density at radius 2 is 1.69 bits per heavy atom. The van der Waals surface area contributed by atoms with Crippen LogP contribution in [0.2, 0.25) is 0 Å². The summed E-state index contributed by atoms with van der Waals surface area (Å²) < 4.78 is 31.6. The second-order valence-corrected chi connectivity index (χ2v) is 8.71. The predicted molar refractivity (Wildman–Crippen MR) is 109 cm³/mol. The largest absolute Gasteiger partial charge is 0.330 e. The topological polar surface area (TPSA) is 108 Å². The van der Waals surface area contributed by atoms with Crippen molar-refractivity contribution in [2.75, 3.05) is 0 Å². The molecule has 0 radical (unpaired) electrons. The molecule has 3 aromatic rings. The third-order valence-corrected chi connectivity index (χ3v) is 6.21. The van der Waals surface area contributed by atoms with E-state index < -0.39 is 32.2 Å². The molecule has 0 aliphatic rings. The highest BCUT2D eigenvalue weighted by atomic mass is 32.2. The molecule has 154 valence electrons. The van der Waals surface area contributed by atoms with Crippen LogP contribution in [0.25, 0.3) is 5.69 Å². The summed E-state index contributed by atoms with van der Waals surface area (Å²) in [6.45, 7) is 5.55. The molecule has 0 spiro atoms. The SMILES string of the molecule is Cc1cc(C)n(-c2ccc([C@@H](C)NS(=O)(=O)c3cn(C)c(=O)n(C)c3=O)cc2)n1. The van der Waals surface area contributed by atoms with E-state index in [4.69, 9.17) is 0 Å². The Labute approximate surface area is 168 Å². The number of nitrogens with one attached hydrogen (secondary N) is 1. The van der Waals surface area contributed by atoms with Crippen molar-refractivity contribution in [1.82, 2.24) is 23.6 Å². The Morgan fingerprint density at radius 1 is 1.07 bits per heavy atom. The van der Waals surface area contributed by atoms with Crippen molar-refractivity contribution < 1.29 is 8.42 Å². The summed E-state index contributed by atoms with van der Waals surface area (Å²) in [5.74, 6) is 0. The number of aromatic nitrogens is 4. The van der Waals surface area contributed by atoms with Gasteiger partial charge in [0.2, 0.25) is 10.0 Å². The van der Waals surface area contributed by atoms with Crippen LogP contribution in [0, 0.1) is 13.8 Å². The summed E-state index contributed by atoms with van der Waals surface area (Å²) in [6, 6.07) is 8.69. The molecule has 0 aliphatic heterocycles. The van der Waals surface area contributed by atoms with Crippen molar-refractivity contribution in [3.8, 4) is 5.69 Å². The average molecular weight is 417 g/mol. The average Bonchev–Trinajstić information content (AvgIpc) is 3.00. The molecular formula is C19H23N5O4S. The summed E-state index contributed by atoms with van der Waals surface area (Å²) in [6.07, 6.45) is 1.03. The third kappa shape index (κ3) is 3.94. The Kier molecular flexibility index (Phi) is 5.33. The molecule has 9 nitrogen and oxygen atoms in total. The van der Waals surface area contributed by atoms with E-state index >= 15 is 0 Å². The fourth-order valence-electron chi connectivity index (χ4n) is 3.12. The van der Waals surface area contributed by atoms with Crippen LogP contribution >= 0.6 is 0 Å². The smallest absolute Gasteiger partial charge is 0.302 e. The maximum Gasteiger partial charge on any atom is 0.330 e. The number of hydrogen-bond donors (Lipinski definition) is 1. The molecular weight excluding hydrogens is 394 g/mol. The lowest BCUT2D eigenvalue weighted by molar-refractivity contribution is 0.557. The molecule has 0 saturated heterocycles. The van der Waals surface area contributed by atoms with Crippen LogP contribution in [0.1, 0.15) is 29.9 Å². The molecule has 0 bridgehead atoms. The van der Waals surface area contributed by atoms with Crippen molar-refractivity contribution in [1.29, 1.82) is 0 Å². The minimum atomic E-state index is -4.13. The third-order valence-electron chi connectivity index (χ3n) is 4.68. The first-order valence-electron chi connectivity index (χ1n) is 8.94. The monoisotopic (exact) mass is 417 g/mol. The van der Waals surface area contributed by atoms with Crippen LogP contribution in [-0.2, 0) is 24.1 Å². The number of sulfonamides is 1. The van der Waals surface area contributed by atoms with Gasteiger partial charge in [-0.1, -0.05) is 12.1 Å². The zero-order valence-electron chi connectivity index (χ0n) is 16.9. The molecule has 29 heavy (non-hydrogen) atoms. The van der Waals surface area contributed by atoms with Gasteiger partial charge in [0, 0.05) is 32.0 Å². The van der Waals surface area contributed by atoms with Crippen molar-refractivity contribution in [2.45, 2.75) is 31.7 Å². The van der Waals surface area contributed by atoms with E-state index in [0.717, 1.165) is 38.0 Å². The van der Waals surface area contributed by atoms with Crippen molar-refractivity contribution in [3.63, 3.8) is 0 Å². The van der Waals surface area contributed by atoms with Crippen LogP contribution < -0.4 is 16.0 Å². The highest BCUT2D eigenvalue weighted by molar-refractivity contribution is 7.89. The second kappa shape index (κ2) is 7.45. The zero-order chi connectivity index (χ0) is 21.5. The van der Waals surface area contributed by atoms with E-state index in [2.05, 4.69) is 9.82 Å². The highest BCUT2D eigenvalue weighted by Crippen LogP contribution is 2.19. The lowest BCUT2D eigenvalue weighted by atomic mass is 10.1. The first kappa shape index (κ1) is 20.7. The minimum Gasteiger partial charge on any atom is -0.302 e. The van der Waals surface area contributed by atoms with Crippen LogP contribution in [0.5, 0.6) is 0 Å². The molecule has 1 N–H and O–H groups in total. The van der Waals surface area contributed by atoms with E-state index in [1.54, 1.807) is 19.1 Å². The number of benzene rings is 1. The predicted octanol–water partition coefficient (Wildman–Crippen LogP) is 0.926. The number of aryl methyl sites for hydroxylation is 3. The summed E-state index contributed by atoms with van der Waals surface area (Å²) >= 11 is 0. The zero-order valence-corrected chi connectivity index (χ0v) is 17.7. The summed E-state index contributed by atoms with van der Waals surface area (Å²) in [5, 5.41) is 4.43. The standard InChI is InChI=1S/C19H23N5O4S/c1-12-10-13(2)24(20-12)16-8-6-15(7-9-16)14(3)21-29(27,28)17-11-22(4)19(26)23(5)18(17)25/h6-11,14,21H,1-5H3/t14-/m1/s1. The number of rotatable bonds is 5. The molecule has 0 aliphatic carbocycles. The van der Waals surface area contributed by atoms with Gasteiger partial charge in [-0.3, -0.25) is 9.36 Å². The van der Waals surface area contributed by atoms with Gasteiger partial charge in [-0.2, -0.15) is 5.10 Å². The summed E-state index contributed by atoms with van der Waals surface area (Å²) in [4.78, 5) is 23.6. The first-order chi connectivity index (χ1) is 13.5. The lowest BCUT2D eigenvalue weighted by Gasteiger charge is -2.16. The van der Waals surface area contributed by atoms with Gasteiger partial charge in [0.25, 0.3) is 5.56 Å². The first-order valence-corrected chi connectivity index (χ1v) is 10.4. The van der Waals surface area contributed by atoms with E-state index in [9.17, 15) is 18.0 Å². The lowest BCUT2D eigenvalue weighted by Crippen LogP contribution is -2.41. The fourth-order valence-corrected chi connectivity index (χ4v) is 4.51. The van der Waals surface area contributed by atoms with E-state index in [0.29, 0.717) is 0 Å². The summed E-state index contributed by atoms with van der Waals surface area (Å²) in [7, 11) is -1.49. The molecule has 2 heterocycles. The van der Waals surface area contributed by atoms with Crippen molar-refractivity contribution >= 4 is 10.0 Å². The van der Waals surface area contributed by atoms with Crippen LogP contribution in [-0.4, -0.2) is 27.3 Å². The molecule has 0 fully saturated rings. The van der Waals surface area contributed by atoms with Gasteiger partial charge < -0.3 is 4.57 Å². The molecule has 10 heteroatoms. The fraction of sp³-hybridized carbons (Fsp3) is 0.316. The van der Waals surface area contributed by atoms with E-state index in [1.165, 1.54) is 14.1 Å². The molecule has 0 unspecified atom stereocenters. The molecule has 3 rings (SSSR count). The normalized spacial score (nSPS) is 12.9. The van der Waals surface area contributed by atoms with Crippen LogP contribution in [0.4, 0.5) is 0 Å². The molecule has 0 saturated carbocycles. The van der Waals surface area contributed by atoms with Crippen molar-refractivity contribution in [3.05, 3.63) is 74.3 Å². The summed E-state index contributed by atoms with van der Waals surface area (Å²) in [5.41, 5.74) is 2.03. The number of hydrogen-bond acceptors (Lipinski definition) is 5. The molecule has 0 amide bonds. The Bertz CT molecular complexity index is 1280. The molecule has 2 aromatic heterocycles. The maximum absolute atomic E-state index is 12.7. The van der Waals surface area contributed by atoms with Crippen LogP contribution in [0.3, 0.4) is 0 Å². The second-order valence-electron chi connectivity index (χ2n) is 7.02. The Balaban J connectivity index is 1.88. The Morgan fingerprint density at radius 3 is 2.24 bits per heavy atom. The van der Waals surface area contributed by atoms with E-state index in [-0.39, 0.29) is 0 Å². The van der Waals surface area contributed by atoms with Crippen molar-refractivity contribution in [2.24, 2.45) is 14.1 Å². The highest BCUT2D eigenvalue weighted by Gasteiger charge is 2.24. The van der Waals surface area contributed by atoms with Gasteiger partial charge in [-0.05, 0) is 44.5 Å². The van der Waals surface area contributed by atoms with E-state index in [1.807, 2.05) is 36.7 Å². The van der Waals surface area contributed by atoms with Crippen LogP contribution in [0.15, 0.2) is 51.0 Å². The van der Waals surface area contributed by atoms with Gasteiger partial charge in [0.1, 0.15) is 0 Å². The maximum atomic E-state index is 12.7.